The molecule has 11 nitrogen and oxygen atoms in total. The first-order chi connectivity index (χ1) is 33.3. The van der Waals surface area contributed by atoms with Gasteiger partial charge in [-0.1, -0.05) is 127 Å². The van der Waals surface area contributed by atoms with Crippen molar-refractivity contribution in [2.75, 3.05) is 33.8 Å². The molecular weight excluding hydrogens is 867 g/mol. The molecule has 3 aliphatic rings. The van der Waals surface area contributed by atoms with Crippen molar-refractivity contribution >= 4 is 12.3 Å². The molecule has 366 valence electrons. The monoisotopic (exact) mass is 938 g/mol. The zero-order chi connectivity index (χ0) is 48.5. The maximum absolute atomic E-state index is 13.3. The molecule has 2 heterocycles. The van der Waals surface area contributed by atoms with E-state index in [9.17, 15) is 14.7 Å². The molecule has 2 N–H and O–H groups in total. The molecule has 0 aromatic heterocycles. The quantitative estimate of drug-likeness (QED) is 0.0490. The van der Waals surface area contributed by atoms with Crippen LogP contribution in [0, 0.1) is 6.92 Å². The van der Waals surface area contributed by atoms with Gasteiger partial charge in [-0.3, -0.25) is 9.59 Å². The first-order valence-electron chi connectivity index (χ1n) is 24.7. The van der Waals surface area contributed by atoms with E-state index in [1.165, 1.54) is 0 Å². The van der Waals surface area contributed by atoms with Crippen LogP contribution in [0.1, 0.15) is 96.9 Å². The summed E-state index contributed by atoms with van der Waals surface area (Å²) in [6.07, 6.45) is 4.61. The summed E-state index contributed by atoms with van der Waals surface area (Å²) >= 11 is 0. The fraction of sp³-hybridized carbons (Fsp3) is 0.448. The fourth-order valence-corrected chi connectivity index (χ4v) is 10.3. The van der Waals surface area contributed by atoms with Gasteiger partial charge in [-0.2, -0.15) is 0 Å². The SMILES string of the molecule is Cc1ccc([C@]23OC[C@](C(C)(C)O)(O2)[C@@H](OCc2ccccc2)[C@H](OCc2ccccc2)[C@H]3OCc2ccccc2)cc1Cc1ccc(CCCC(=O)NC2(N(C=O)CCN(C)C)CCCC2)cc1. The molecule has 2 bridgehead atoms. The Hall–Kier alpha value is -5.24. The van der Waals surface area contributed by atoms with Gasteiger partial charge < -0.3 is 43.9 Å². The highest BCUT2D eigenvalue weighted by atomic mass is 16.8. The number of likely N-dealkylation sites (N-methyl/N-ethyl adjacent to an activating group) is 1. The summed E-state index contributed by atoms with van der Waals surface area (Å²) in [6, 6.07) is 45.0. The summed E-state index contributed by atoms with van der Waals surface area (Å²) in [4.78, 5) is 29.3. The van der Waals surface area contributed by atoms with Crippen LogP contribution in [0.4, 0.5) is 0 Å². The van der Waals surface area contributed by atoms with Crippen LogP contribution in [-0.2, 0) is 71.7 Å². The van der Waals surface area contributed by atoms with Crippen molar-refractivity contribution in [1.82, 2.24) is 15.1 Å². The van der Waals surface area contributed by atoms with E-state index >= 15 is 0 Å². The van der Waals surface area contributed by atoms with Crippen LogP contribution < -0.4 is 5.32 Å². The number of aryl methyl sites for hydroxylation is 2. The number of rotatable bonds is 23. The number of aliphatic hydroxyl groups is 1. The lowest BCUT2D eigenvalue weighted by molar-refractivity contribution is -0.369. The van der Waals surface area contributed by atoms with E-state index in [-0.39, 0.29) is 32.3 Å². The third kappa shape index (κ3) is 11.5. The molecule has 1 saturated carbocycles. The van der Waals surface area contributed by atoms with Gasteiger partial charge in [-0.15, -0.1) is 0 Å². The van der Waals surface area contributed by atoms with Crippen LogP contribution in [-0.4, -0.2) is 96.2 Å². The first-order valence-corrected chi connectivity index (χ1v) is 24.7. The van der Waals surface area contributed by atoms with Crippen molar-refractivity contribution in [3.63, 3.8) is 0 Å². The van der Waals surface area contributed by atoms with E-state index in [0.717, 1.165) is 89.6 Å². The maximum atomic E-state index is 13.3. The lowest BCUT2D eigenvalue weighted by atomic mass is 9.74. The Morgan fingerprint density at radius 2 is 1.32 bits per heavy atom. The van der Waals surface area contributed by atoms with Crippen LogP contribution in [0.5, 0.6) is 0 Å². The average molecular weight is 938 g/mol. The summed E-state index contributed by atoms with van der Waals surface area (Å²) in [5.41, 5.74) is 4.87. The van der Waals surface area contributed by atoms with Crippen LogP contribution in [0.2, 0.25) is 0 Å². The average Bonchev–Trinajstić information content (AvgIpc) is 3.98. The summed E-state index contributed by atoms with van der Waals surface area (Å²) < 4.78 is 35.4. The van der Waals surface area contributed by atoms with Crippen LogP contribution in [0.15, 0.2) is 133 Å². The number of carbonyl (C=O) groups is 2. The molecule has 0 radical (unpaired) electrons. The molecule has 0 unspecified atom stereocenters. The fourth-order valence-electron chi connectivity index (χ4n) is 10.3. The minimum absolute atomic E-state index is 0.00922. The van der Waals surface area contributed by atoms with Gasteiger partial charge >= 0.3 is 0 Å². The lowest BCUT2D eigenvalue weighted by Gasteiger charge is -2.54. The maximum Gasteiger partial charge on any atom is 0.225 e. The van der Waals surface area contributed by atoms with Gasteiger partial charge in [0.2, 0.25) is 18.1 Å². The Morgan fingerprint density at radius 3 is 1.88 bits per heavy atom. The molecular formula is C58H71N3O8. The van der Waals surface area contributed by atoms with Gasteiger partial charge in [-0.05, 0) is 125 Å². The van der Waals surface area contributed by atoms with Crippen molar-refractivity contribution in [3.05, 3.63) is 178 Å². The van der Waals surface area contributed by atoms with Crippen molar-refractivity contribution in [2.45, 2.75) is 133 Å². The van der Waals surface area contributed by atoms with Crippen molar-refractivity contribution in [3.8, 4) is 0 Å². The summed E-state index contributed by atoms with van der Waals surface area (Å²) in [5.74, 6) is -1.48. The number of amides is 2. The number of carbonyl (C=O) groups excluding carboxylic acids is 2. The van der Waals surface area contributed by atoms with Gasteiger partial charge in [0.05, 0.1) is 32.0 Å². The molecule has 0 spiro atoms. The Morgan fingerprint density at radius 1 is 0.754 bits per heavy atom. The molecule has 11 heteroatoms. The number of hydrogen-bond donors (Lipinski definition) is 2. The molecule has 2 saturated heterocycles. The molecule has 69 heavy (non-hydrogen) atoms. The number of fused-ring (bicyclic) bond motifs is 2. The summed E-state index contributed by atoms with van der Waals surface area (Å²) in [5, 5.41) is 15.5. The Labute approximate surface area is 409 Å². The number of hydrogen-bond acceptors (Lipinski definition) is 9. The number of nitrogens with one attached hydrogen (secondary N) is 1. The summed E-state index contributed by atoms with van der Waals surface area (Å²) in [6.45, 7) is 7.79. The second kappa shape index (κ2) is 22.2. The number of benzene rings is 5. The highest BCUT2D eigenvalue weighted by Crippen LogP contribution is 2.56. The van der Waals surface area contributed by atoms with Gasteiger partial charge in [0, 0.05) is 25.1 Å². The number of ether oxygens (including phenoxy) is 5. The zero-order valence-electron chi connectivity index (χ0n) is 41.1. The molecule has 3 fully saturated rings. The summed E-state index contributed by atoms with van der Waals surface area (Å²) in [7, 11) is 3.98. The second-order valence-electron chi connectivity index (χ2n) is 20.1. The van der Waals surface area contributed by atoms with E-state index in [1.54, 1.807) is 18.7 Å². The van der Waals surface area contributed by atoms with Crippen molar-refractivity contribution < 1.29 is 38.4 Å². The smallest absolute Gasteiger partial charge is 0.225 e. The normalized spacial score (nSPS) is 23.0. The molecule has 5 aromatic rings. The molecule has 2 aliphatic heterocycles. The van der Waals surface area contributed by atoms with E-state index < -0.39 is 41.0 Å². The molecule has 2 amide bonds. The zero-order valence-corrected chi connectivity index (χ0v) is 41.1. The van der Waals surface area contributed by atoms with Crippen LogP contribution in [0.3, 0.4) is 0 Å². The highest BCUT2D eigenvalue weighted by Gasteiger charge is 2.73. The van der Waals surface area contributed by atoms with Crippen molar-refractivity contribution in [2.24, 2.45) is 0 Å². The van der Waals surface area contributed by atoms with E-state index in [4.69, 9.17) is 23.7 Å². The number of nitrogens with zero attached hydrogens (tertiary/aromatic N) is 2. The molecule has 8 rings (SSSR count). The predicted octanol–water partition coefficient (Wildman–Crippen LogP) is 8.79. The first kappa shape index (κ1) is 50.2. The Balaban J connectivity index is 1.03. The molecule has 1 aliphatic carbocycles. The topological polar surface area (TPSA) is 119 Å². The predicted molar refractivity (Wildman–Crippen MR) is 267 cm³/mol. The van der Waals surface area contributed by atoms with Gasteiger partial charge in [0.15, 0.2) is 5.60 Å². The molecule has 5 aromatic carbocycles. The van der Waals surface area contributed by atoms with Crippen LogP contribution >= 0.6 is 0 Å². The minimum Gasteiger partial charge on any atom is -0.387 e. The van der Waals surface area contributed by atoms with Gasteiger partial charge in [0.1, 0.15) is 24.0 Å². The lowest BCUT2D eigenvalue weighted by Crippen LogP contribution is -2.72. The van der Waals surface area contributed by atoms with E-state index in [1.807, 2.05) is 111 Å². The highest BCUT2D eigenvalue weighted by molar-refractivity contribution is 5.77. The van der Waals surface area contributed by atoms with E-state index in [0.29, 0.717) is 25.8 Å². The Kier molecular flexibility index (Phi) is 16.2. The van der Waals surface area contributed by atoms with Crippen LogP contribution in [0.25, 0.3) is 0 Å². The minimum atomic E-state index is -1.48. The van der Waals surface area contributed by atoms with Gasteiger partial charge in [0.25, 0.3) is 0 Å². The van der Waals surface area contributed by atoms with Gasteiger partial charge in [-0.25, -0.2) is 0 Å². The van der Waals surface area contributed by atoms with Crippen molar-refractivity contribution in [1.29, 1.82) is 0 Å². The second-order valence-corrected chi connectivity index (χ2v) is 20.1. The largest absolute Gasteiger partial charge is 0.387 e. The van der Waals surface area contributed by atoms with E-state index in [2.05, 4.69) is 53.5 Å². The molecule has 5 atom stereocenters. The standard InChI is InChI=1S/C58H71N3O8/c1-43-26-31-50(37-49(43)36-45-29-27-44(28-30-45)24-17-25-51(63)59-56(32-15-16-33-56)61(42-62)35-34-60(4)5)58-54(67-40-48-22-13-8-14-23-48)52(65-38-46-18-9-6-10-19-46)53(66-39-47-20-11-7-12-21-47)57(69-58,41-68-58)55(2,3)64/h6-14,18-23,26-31,37,42,52-54,64H,15-17,24-25,32-36,38-41H2,1-5H3,(H,59,63)/t52-,53-,54+,57-,58-/m0/s1. The Bertz CT molecular complexity index is 2420. The third-order valence-corrected chi connectivity index (χ3v) is 14.4. The third-order valence-electron chi connectivity index (χ3n) is 14.4.